The van der Waals surface area contributed by atoms with Crippen molar-refractivity contribution in [3.63, 3.8) is 0 Å². The Labute approximate surface area is 165 Å². The van der Waals surface area contributed by atoms with Crippen molar-refractivity contribution < 1.29 is 0 Å². The van der Waals surface area contributed by atoms with Gasteiger partial charge in [0.25, 0.3) is 0 Å². The number of nitriles is 1. The van der Waals surface area contributed by atoms with E-state index in [1.807, 2.05) is 50.4 Å². The predicted molar refractivity (Wildman–Crippen MR) is 110 cm³/mol. The highest BCUT2D eigenvalue weighted by Crippen LogP contribution is 2.28. The Morgan fingerprint density at radius 1 is 1.04 bits per heavy atom. The molecule has 0 saturated heterocycles. The van der Waals surface area contributed by atoms with Crippen molar-refractivity contribution in [3.8, 4) is 17.2 Å². The molecule has 0 aliphatic carbocycles. The van der Waals surface area contributed by atoms with Crippen LogP contribution in [-0.2, 0) is 13.0 Å². The average Bonchev–Trinajstić information content (AvgIpc) is 2.73. The molecule has 0 saturated carbocycles. The van der Waals surface area contributed by atoms with Crippen molar-refractivity contribution in [2.24, 2.45) is 0 Å². The number of aryl methyl sites for hydroxylation is 1. The van der Waals surface area contributed by atoms with Gasteiger partial charge in [-0.15, -0.1) is 0 Å². The summed E-state index contributed by atoms with van der Waals surface area (Å²) >= 11 is 0. The Balaban J connectivity index is 1.61. The normalized spacial score (nSPS) is 13.0. The fourth-order valence-electron chi connectivity index (χ4n) is 3.55. The van der Waals surface area contributed by atoms with Gasteiger partial charge in [0.1, 0.15) is 17.7 Å². The van der Waals surface area contributed by atoms with Gasteiger partial charge in [0.15, 0.2) is 0 Å². The van der Waals surface area contributed by atoms with Crippen LogP contribution in [0.3, 0.4) is 0 Å². The van der Waals surface area contributed by atoms with Crippen LogP contribution in [-0.4, -0.2) is 35.6 Å². The van der Waals surface area contributed by atoms with Crippen molar-refractivity contribution in [3.05, 3.63) is 65.2 Å². The molecule has 0 aromatic carbocycles. The van der Waals surface area contributed by atoms with E-state index in [4.69, 9.17) is 10.2 Å². The van der Waals surface area contributed by atoms with Crippen LogP contribution in [0.2, 0.25) is 0 Å². The van der Waals surface area contributed by atoms with E-state index < -0.39 is 0 Å². The summed E-state index contributed by atoms with van der Waals surface area (Å²) in [5.41, 5.74) is 6.11. The van der Waals surface area contributed by atoms with Crippen LogP contribution in [0, 0.1) is 18.3 Å². The van der Waals surface area contributed by atoms with E-state index in [-0.39, 0.29) is 0 Å². The predicted octanol–water partition coefficient (Wildman–Crippen LogP) is 3.35. The van der Waals surface area contributed by atoms with Crippen molar-refractivity contribution in [2.45, 2.75) is 19.9 Å². The maximum atomic E-state index is 9.06. The zero-order valence-corrected chi connectivity index (χ0v) is 16.3. The van der Waals surface area contributed by atoms with Crippen LogP contribution in [0.5, 0.6) is 0 Å². The maximum absolute atomic E-state index is 9.06. The number of anilines is 2. The smallest absolute Gasteiger partial charge is 0.131 e. The van der Waals surface area contributed by atoms with E-state index in [9.17, 15) is 0 Å². The summed E-state index contributed by atoms with van der Waals surface area (Å²) in [6, 6.07) is 10.4. The van der Waals surface area contributed by atoms with E-state index in [0.29, 0.717) is 5.56 Å². The van der Waals surface area contributed by atoms with E-state index in [1.54, 1.807) is 6.20 Å². The first-order valence-corrected chi connectivity index (χ1v) is 9.28. The Hall–Kier alpha value is -3.46. The lowest BCUT2D eigenvalue weighted by Gasteiger charge is -2.30. The molecular formula is C22H22N6. The quantitative estimate of drug-likeness (QED) is 0.704. The molecule has 140 valence electrons. The van der Waals surface area contributed by atoms with E-state index in [0.717, 1.165) is 53.5 Å². The number of fused-ring (bicyclic) bond motifs is 1. The first-order chi connectivity index (χ1) is 13.5. The molecule has 0 atom stereocenters. The number of hydrogen-bond donors (Lipinski definition) is 0. The van der Waals surface area contributed by atoms with Crippen molar-refractivity contribution in [1.29, 1.82) is 5.26 Å². The monoisotopic (exact) mass is 370 g/mol. The molecule has 1 aliphatic rings. The fourth-order valence-corrected chi connectivity index (χ4v) is 3.55. The van der Waals surface area contributed by atoms with E-state index >= 15 is 0 Å². The summed E-state index contributed by atoms with van der Waals surface area (Å²) < 4.78 is 0. The zero-order valence-electron chi connectivity index (χ0n) is 16.3. The summed E-state index contributed by atoms with van der Waals surface area (Å²) in [5, 5.41) is 9.06. The Bertz CT molecular complexity index is 1050. The minimum absolute atomic E-state index is 0.594. The van der Waals surface area contributed by atoms with Crippen LogP contribution in [0.25, 0.3) is 11.1 Å². The second kappa shape index (κ2) is 7.28. The Morgan fingerprint density at radius 2 is 1.86 bits per heavy atom. The van der Waals surface area contributed by atoms with Crippen LogP contribution < -0.4 is 9.80 Å². The molecule has 4 heterocycles. The summed E-state index contributed by atoms with van der Waals surface area (Å²) in [5.74, 6) is 1.87. The summed E-state index contributed by atoms with van der Waals surface area (Å²) in [7, 11) is 3.96. The second-order valence-corrected chi connectivity index (χ2v) is 7.28. The number of pyridine rings is 3. The highest BCUT2D eigenvalue weighted by Gasteiger charge is 2.20. The van der Waals surface area contributed by atoms with Gasteiger partial charge in [-0.3, -0.25) is 4.98 Å². The number of hydrogen-bond acceptors (Lipinski definition) is 6. The Kier molecular flexibility index (Phi) is 4.66. The average molecular weight is 370 g/mol. The molecular weight excluding hydrogens is 348 g/mol. The third kappa shape index (κ3) is 3.39. The lowest BCUT2D eigenvalue weighted by atomic mass is 10.0. The van der Waals surface area contributed by atoms with Gasteiger partial charge in [0, 0.05) is 69.0 Å². The van der Waals surface area contributed by atoms with E-state index in [2.05, 4.69) is 33.1 Å². The first kappa shape index (κ1) is 17.9. The van der Waals surface area contributed by atoms with Gasteiger partial charge in [-0.25, -0.2) is 9.97 Å². The fraction of sp³-hybridized carbons (Fsp3) is 0.273. The van der Waals surface area contributed by atoms with Gasteiger partial charge in [-0.1, -0.05) is 0 Å². The maximum Gasteiger partial charge on any atom is 0.131 e. The standard InChI is InChI=1S/C22H22N6/c1-15-8-16(10-23)11-26-22(15)28-7-6-20-19(14-28)9-18(13-24-20)17-4-5-21(25-12-17)27(2)3/h4-5,8-9,11-13H,6-7,14H2,1-3H3. The van der Waals surface area contributed by atoms with Gasteiger partial charge < -0.3 is 9.80 Å². The molecule has 0 N–H and O–H groups in total. The van der Waals surface area contributed by atoms with Crippen molar-refractivity contribution >= 4 is 11.6 Å². The van der Waals surface area contributed by atoms with Crippen LogP contribution in [0.4, 0.5) is 11.6 Å². The minimum Gasteiger partial charge on any atom is -0.363 e. The number of rotatable bonds is 3. The highest BCUT2D eigenvalue weighted by atomic mass is 15.2. The molecule has 1 aliphatic heterocycles. The molecule has 0 amide bonds. The van der Waals surface area contributed by atoms with Gasteiger partial charge >= 0.3 is 0 Å². The zero-order chi connectivity index (χ0) is 19.7. The number of nitrogens with zero attached hydrogens (tertiary/aromatic N) is 6. The number of aromatic nitrogens is 3. The highest BCUT2D eigenvalue weighted by molar-refractivity contribution is 5.64. The van der Waals surface area contributed by atoms with Crippen LogP contribution in [0.15, 0.2) is 42.9 Å². The molecule has 0 unspecified atom stereocenters. The second-order valence-electron chi connectivity index (χ2n) is 7.28. The van der Waals surface area contributed by atoms with Gasteiger partial charge in [0.2, 0.25) is 0 Å². The topological polar surface area (TPSA) is 68.9 Å². The van der Waals surface area contributed by atoms with E-state index in [1.165, 1.54) is 5.56 Å². The molecule has 0 bridgehead atoms. The van der Waals surface area contributed by atoms with Crippen molar-refractivity contribution in [1.82, 2.24) is 15.0 Å². The van der Waals surface area contributed by atoms with Crippen molar-refractivity contribution in [2.75, 3.05) is 30.4 Å². The third-order valence-corrected chi connectivity index (χ3v) is 5.06. The molecule has 6 nitrogen and oxygen atoms in total. The largest absolute Gasteiger partial charge is 0.363 e. The summed E-state index contributed by atoms with van der Waals surface area (Å²) in [4.78, 5) is 18.0. The van der Waals surface area contributed by atoms with Gasteiger partial charge in [0.05, 0.1) is 5.56 Å². The first-order valence-electron chi connectivity index (χ1n) is 9.28. The SMILES string of the molecule is Cc1cc(C#N)cnc1N1CCc2ncc(-c3ccc(N(C)C)nc3)cc2C1. The van der Waals surface area contributed by atoms with Crippen LogP contribution >= 0.6 is 0 Å². The summed E-state index contributed by atoms with van der Waals surface area (Å²) in [6.07, 6.45) is 6.36. The summed E-state index contributed by atoms with van der Waals surface area (Å²) in [6.45, 7) is 3.64. The van der Waals surface area contributed by atoms with Gasteiger partial charge in [-0.2, -0.15) is 5.26 Å². The lowest BCUT2D eigenvalue weighted by molar-refractivity contribution is 0.701. The molecule has 4 rings (SSSR count). The lowest BCUT2D eigenvalue weighted by Crippen LogP contribution is -2.32. The van der Waals surface area contributed by atoms with Crippen LogP contribution in [0.1, 0.15) is 22.4 Å². The molecule has 0 fully saturated rings. The molecule has 3 aromatic rings. The molecule has 28 heavy (non-hydrogen) atoms. The molecule has 6 heteroatoms. The molecule has 0 spiro atoms. The Morgan fingerprint density at radius 3 is 2.54 bits per heavy atom. The third-order valence-electron chi connectivity index (χ3n) is 5.06. The van der Waals surface area contributed by atoms with Gasteiger partial charge in [-0.05, 0) is 42.3 Å². The minimum atomic E-state index is 0.594. The molecule has 3 aromatic heterocycles. The molecule has 0 radical (unpaired) electrons.